The lowest BCUT2D eigenvalue weighted by atomic mass is 10.2. The first-order valence-corrected chi connectivity index (χ1v) is 13.4. The molecule has 3 aromatic rings. The molecule has 0 atom stereocenters. The number of piperazine rings is 1. The summed E-state index contributed by atoms with van der Waals surface area (Å²) in [5.74, 6) is 1.53. The minimum Gasteiger partial charge on any atom is -0.497 e. The summed E-state index contributed by atoms with van der Waals surface area (Å²) in [5.41, 5.74) is 1.40. The molecule has 196 valence electrons. The summed E-state index contributed by atoms with van der Waals surface area (Å²) in [7, 11) is -0.726. The van der Waals surface area contributed by atoms with Crippen LogP contribution in [0.2, 0.25) is 5.02 Å². The molecule has 0 bridgehead atoms. The number of methoxy groups -OCH3 is 2. The number of ether oxygens (including phenoxy) is 3. The normalized spacial score (nSPS) is 13.7. The molecule has 0 aliphatic carbocycles. The molecule has 1 aliphatic heterocycles. The first-order valence-electron chi connectivity index (χ1n) is 11.5. The Labute approximate surface area is 221 Å². The fraction of sp³-hybridized carbons (Fsp3) is 0.269. The lowest BCUT2D eigenvalue weighted by Gasteiger charge is -2.36. The molecule has 1 fully saturated rings. The minimum atomic E-state index is -3.84. The van der Waals surface area contributed by atoms with Gasteiger partial charge < -0.3 is 24.0 Å². The Morgan fingerprint density at radius 3 is 2.14 bits per heavy atom. The first kappa shape index (κ1) is 26.4. The predicted octanol–water partition coefficient (Wildman–Crippen LogP) is 3.89. The van der Waals surface area contributed by atoms with E-state index in [1.807, 2.05) is 24.3 Å². The van der Waals surface area contributed by atoms with Gasteiger partial charge in [-0.15, -0.1) is 0 Å². The highest BCUT2D eigenvalue weighted by Gasteiger charge is 2.22. The predicted molar refractivity (Wildman–Crippen MR) is 143 cm³/mol. The van der Waals surface area contributed by atoms with Gasteiger partial charge in [0, 0.05) is 31.9 Å². The van der Waals surface area contributed by atoms with Gasteiger partial charge >= 0.3 is 0 Å². The lowest BCUT2D eigenvalue weighted by Crippen LogP contribution is -2.50. The summed E-state index contributed by atoms with van der Waals surface area (Å²) in [4.78, 5) is 16.7. The average molecular weight is 546 g/mol. The van der Waals surface area contributed by atoms with E-state index >= 15 is 0 Å². The van der Waals surface area contributed by atoms with Gasteiger partial charge in [-0.05, 0) is 66.7 Å². The zero-order valence-corrected chi connectivity index (χ0v) is 22.1. The van der Waals surface area contributed by atoms with Crippen molar-refractivity contribution in [3.63, 3.8) is 0 Å². The van der Waals surface area contributed by atoms with E-state index in [1.54, 1.807) is 24.1 Å². The average Bonchev–Trinajstić information content (AvgIpc) is 2.92. The highest BCUT2D eigenvalue weighted by atomic mass is 35.5. The van der Waals surface area contributed by atoms with Crippen molar-refractivity contribution in [1.82, 2.24) is 4.90 Å². The van der Waals surface area contributed by atoms with E-state index in [0.29, 0.717) is 35.3 Å². The van der Waals surface area contributed by atoms with Crippen LogP contribution in [-0.4, -0.2) is 66.2 Å². The second-order valence-corrected chi connectivity index (χ2v) is 10.4. The molecule has 1 heterocycles. The molecule has 1 aliphatic rings. The van der Waals surface area contributed by atoms with Crippen LogP contribution in [0.5, 0.6) is 17.2 Å². The van der Waals surface area contributed by atoms with E-state index in [0.717, 1.165) is 24.5 Å². The van der Waals surface area contributed by atoms with Crippen LogP contribution in [0, 0.1) is 0 Å². The van der Waals surface area contributed by atoms with E-state index in [9.17, 15) is 13.2 Å². The van der Waals surface area contributed by atoms with Gasteiger partial charge in [-0.1, -0.05) is 11.6 Å². The zero-order chi connectivity index (χ0) is 26.4. The summed E-state index contributed by atoms with van der Waals surface area (Å²) in [5, 5.41) is 0.290. The topological polar surface area (TPSA) is 97.4 Å². The lowest BCUT2D eigenvalue weighted by molar-refractivity contribution is -0.133. The van der Waals surface area contributed by atoms with E-state index in [2.05, 4.69) is 9.62 Å². The van der Waals surface area contributed by atoms with Gasteiger partial charge in [0.15, 0.2) is 6.61 Å². The third-order valence-electron chi connectivity index (χ3n) is 5.97. The summed E-state index contributed by atoms with van der Waals surface area (Å²) in [6, 6.07) is 18.3. The number of amides is 1. The fourth-order valence-corrected chi connectivity index (χ4v) is 5.21. The second-order valence-electron chi connectivity index (χ2n) is 8.28. The van der Waals surface area contributed by atoms with Gasteiger partial charge in [-0.25, -0.2) is 8.42 Å². The monoisotopic (exact) mass is 545 g/mol. The number of anilines is 2. The van der Waals surface area contributed by atoms with Gasteiger partial charge in [0.2, 0.25) is 0 Å². The van der Waals surface area contributed by atoms with Crippen molar-refractivity contribution in [3.05, 3.63) is 71.8 Å². The Balaban J connectivity index is 1.27. The standard InChI is InChI=1S/C26H28ClN3O6S/c1-34-21-6-4-20(5-7-21)29-13-15-30(16-14-29)26(31)18-36-22-8-10-23(11-9-22)37(32,33)28-19-3-12-25(35-2)24(27)17-19/h3-12,17,28H,13-16,18H2,1-2H3. The fourth-order valence-electron chi connectivity index (χ4n) is 3.90. The van der Waals surface area contributed by atoms with Crippen LogP contribution in [-0.2, 0) is 14.8 Å². The van der Waals surface area contributed by atoms with Crippen LogP contribution < -0.4 is 23.8 Å². The SMILES string of the molecule is COc1ccc(N2CCN(C(=O)COc3ccc(S(=O)(=O)Nc4ccc(OC)c(Cl)c4)cc3)CC2)cc1. The molecule has 0 unspecified atom stereocenters. The molecule has 3 aromatic carbocycles. The molecular formula is C26H28ClN3O6S. The Morgan fingerprint density at radius 1 is 0.892 bits per heavy atom. The Hall–Kier alpha value is -3.63. The number of carbonyl (C=O) groups is 1. The van der Waals surface area contributed by atoms with Crippen molar-refractivity contribution in [3.8, 4) is 17.2 Å². The van der Waals surface area contributed by atoms with Gasteiger partial charge in [0.1, 0.15) is 17.2 Å². The van der Waals surface area contributed by atoms with Crippen molar-refractivity contribution in [1.29, 1.82) is 0 Å². The Bertz CT molecular complexity index is 1330. The minimum absolute atomic E-state index is 0.0489. The molecule has 4 rings (SSSR count). The number of hydrogen-bond acceptors (Lipinski definition) is 7. The molecule has 0 aromatic heterocycles. The van der Waals surface area contributed by atoms with E-state index in [4.69, 9.17) is 25.8 Å². The number of rotatable bonds is 9. The van der Waals surface area contributed by atoms with Crippen molar-refractivity contribution in [2.75, 3.05) is 56.6 Å². The third kappa shape index (κ3) is 6.58. The first-order chi connectivity index (χ1) is 17.8. The van der Waals surface area contributed by atoms with Gasteiger partial charge in [0.05, 0.1) is 29.8 Å². The van der Waals surface area contributed by atoms with Crippen LogP contribution in [0.1, 0.15) is 0 Å². The van der Waals surface area contributed by atoms with Gasteiger partial charge in [-0.2, -0.15) is 0 Å². The van der Waals surface area contributed by atoms with E-state index < -0.39 is 10.0 Å². The summed E-state index contributed by atoms with van der Waals surface area (Å²) >= 11 is 6.07. The maximum atomic E-state index is 12.7. The van der Waals surface area contributed by atoms with Crippen molar-refractivity contribution >= 4 is 38.9 Å². The molecule has 1 N–H and O–H groups in total. The number of nitrogens with one attached hydrogen (secondary N) is 1. The smallest absolute Gasteiger partial charge is 0.261 e. The van der Waals surface area contributed by atoms with E-state index in [-0.39, 0.29) is 17.4 Å². The number of sulfonamides is 1. The second kappa shape index (κ2) is 11.6. The van der Waals surface area contributed by atoms with Crippen molar-refractivity contribution in [2.45, 2.75) is 4.90 Å². The largest absolute Gasteiger partial charge is 0.497 e. The molecule has 11 heteroatoms. The highest BCUT2D eigenvalue weighted by molar-refractivity contribution is 7.92. The molecule has 0 saturated carbocycles. The maximum Gasteiger partial charge on any atom is 0.261 e. The van der Waals surface area contributed by atoms with Crippen LogP contribution in [0.15, 0.2) is 71.6 Å². The van der Waals surface area contributed by atoms with Crippen molar-refractivity contribution in [2.24, 2.45) is 0 Å². The third-order valence-corrected chi connectivity index (χ3v) is 7.66. The number of halogens is 1. The summed E-state index contributed by atoms with van der Waals surface area (Å²) in [6.45, 7) is 2.49. The van der Waals surface area contributed by atoms with Gasteiger partial charge in [-0.3, -0.25) is 9.52 Å². The Morgan fingerprint density at radius 2 is 1.54 bits per heavy atom. The molecule has 0 spiro atoms. The van der Waals surface area contributed by atoms with Crippen LogP contribution in [0.3, 0.4) is 0 Å². The van der Waals surface area contributed by atoms with Crippen molar-refractivity contribution < 1.29 is 27.4 Å². The number of benzene rings is 3. The molecule has 1 saturated heterocycles. The van der Waals surface area contributed by atoms with Crippen LogP contribution >= 0.6 is 11.6 Å². The number of nitrogens with zero attached hydrogens (tertiary/aromatic N) is 2. The number of carbonyl (C=O) groups excluding carboxylic acids is 1. The zero-order valence-electron chi connectivity index (χ0n) is 20.5. The Kier molecular flexibility index (Phi) is 8.30. The number of hydrogen-bond donors (Lipinski definition) is 1. The summed E-state index contributed by atoms with van der Waals surface area (Å²) < 4.78 is 43.8. The molecular weight excluding hydrogens is 518 g/mol. The maximum absolute atomic E-state index is 12.7. The molecule has 1 amide bonds. The van der Waals surface area contributed by atoms with Gasteiger partial charge in [0.25, 0.3) is 15.9 Å². The summed E-state index contributed by atoms with van der Waals surface area (Å²) in [6.07, 6.45) is 0. The highest BCUT2D eigenvalue weighted by Crippen LogP contribution is 2.29. The molecule has 9 nitrogen and oxygen atoms in total. The van der Waals surface area contributed by atoms with Crippen LogP contribution in [0.25, 0.3) is 0 Å². The van der Waals surface area contributed by atoms with E-state index in [1.165, 1.54) is 37.4 Å². The van der Waals surface area contributed by atoms with Crippen LogP contribution in [0.4, 0.5) is 11.4 Å². The molecule has 0 radical (unpaired) electrons. The molecule has 37 heavy (non-hydrogen) atoms. The quantitative estimate of drug-likeness (QED) is 0.436.